The van der Waals surface area contributed by atoms with Gasteiger partial charge in [-0.15, -0.1) is 0 Å². The van der Waals surface area contributed by atoms with Gasteiger partial charge in [-0.2, -0.15) is 0 Å². The summed E-state index contributed by atoms with van der Waals surface area (Å²) < 4.78 is 0. The Kier molecular flexibility index (Phi) is 2.99. The van der Waals surface area contributed by atoms with Gasteiger partial charge in [0, 0.05) is 19.4 Å². The highest BCUT2D eigenvalue weighted by atomic mass is 16.3. The van der Waals surface area contributed by atoms with Crippen LogP contribution in [0.15, 0.2) is 36.4 Å². The van der Waals surface area contributed by atoms with Crippen molar-refractivity contribution in [3.63, 3.8) is 0 Å². The van der Waals surface area contributed by atoms with Crippen LogP contribution in [0.4, 0.5) is 0 Å². The molecule has 2 aromatic carbocycles. The normalized spacial score (nSPS) is 21.4. The Morgan fingerprint density at radius 3 is 2.63 bits per heavy atom. The summed E-state index contributed by atoms with van der Waals surface area (Å²) >= 11 is 0. The molecule has 2 atom stereocenters. The lowest BCUT2D eigenvalue weighted by atomic mass is 9.80. The topological polar surface area (TPSA) is 49.3 Å². The highest BCUT2D eigenvalue weighted by Gasteiger charge is 2.27. The van der Waals surface area contributed by atoms with Gasteiger partial charge in [0.15, 0.2) is 0 Å². The third-order valence-electron chi connectivity index (χ3n) is 3.87. The van der Waals surface area contributed by atoms with Crippen molar-refractivity contribution >= 4 is 16.7 Å². The van der Waals surface area contributed by atoms with Crippen LogP contribution in [0.2, 0.25) is 0 Å². The average Bonchev–Trinajstić information content (AvgIpc) is 2.41. The van der Waals surface area contributed by atoms with E-state index in [1.165, 1.54) is 12.5 Å². The molecule has 0 aliphatic heterocycles. The lowest BCUT2D eigenvalue weighted by Gasteiger charge is -2.29. The van der Waals surface area contributed by atoms with Crippen LogP contribution < -0.4 is 5.32 Å². The monoisotopic (exact) mass is 255 g/mol. The van der Waals surface area contributed by atoms with Gasteiger partial charge in [-0.25, -0.2) is 0 Å². The van der Waals surface area contributed by atoms with Crippen molar-refractivity contribution in [2.24, 2.45) is 0 Å². The fraction of sp³-hybridized carbons (Fsp3) is 0.312. The minimum atomic E-state index is -0.447. The van der Waals surface area contributed by atoms with Gasteiger partial charge >= 0.3 is 0 Å². The molecule has 3 rings (SSSR count). The first kappa shape index (κ1) is 12.2. The summed E-state index contributed by atoms with van der Waals surface area (Å²) in [6.07, 6.45) is 0.216. The minimum absolute atomic E-state index is 0.0273. The molecule has 0 saturated heterocycles. The standard InChI is InChI=1S/C16H17NO2/c1-10(18)17-9-12-8-15(19)14-7-3-5-11-4-2-6-13(12)16(11)14/h2-7,12,15,19H,8-9H2,1H3,(H,17,18). The van der Waals surface area contributed by atoms with Crippen LogP contribution in [-0.2, 0) is 4.79 Å². The molecule has 2 unspecified atom stereocenters. The van der Waals surface area contributed by atoms with Crippen molar-refractivity contribution < 1.29 is 9.90 Å². The van der Waals surface area contributed by atoms with Crippen LogP contribution in [0.3, 0.4) is 0 Å². The highest BCUT2D eigenvalue weighted by molar-refractivity contribution is 5.90. The Morgan fingerprint density at radius 1 is 1.26 bits per heavy atom. The predicted octanol–water partition coefficient (Wildman–Crippen LogP) is 2.50. The number of hydrogen-bond donors (Lipinski definition) is 2. The quantitative estimate of drug-likeness (QED) is 0.866. The van der Waals surface area contributed by atoms with Crippen LogP contribution in [0.25, 0.3) is 10.8 Å². The third kappa shape index (κ3) is 2.10. The largest absolute Gasteiger partial charge is 0.388 e. The molecule has 1 amide bonds. The Labute approximate surface area is 112 Å². The van der Waals surface area contributed by atoms with Crippen molar-refractivity contribution in [3.8, 4) is 0 Å². The first-order valence-corrected chi connectivity index (χ1v) is 6.61. The molecule has 0 aromatic heterocycles. The number of aliphatic hydroxyl groups excluding tert-OH is 1. The maximum atomic E-state index is 11.1. The molecular weight excluding hydrogens is 238 g/mol. The summed E-state index contributed by atoms with van der Waals surface area (Å²) in [5, 5.41) is 15.5. The lowest BCUT2D eigenvalue weighted by Crippen LogP contribution is -2.28. The van der Waals surface area contributed by atoms with Gasteiger partial charge in [-0.1, -0.05) is 36.4 Å². The first-order valence-electron chi connectivity index (χ1n) is 6.61. The van der Waals surface area contributed by atoms with Gasteiger partial charge in [0.2, 0.25) is 5.91 Å². The molecule has 0 fully saturated rings. The predicted molar refractivity (Wildman–Crippen MR) is 74.9 cm³/mol. The molecule has 0 heterocycles. The first-order chi connectivity index (χ1) is 9.16. The Balaban J connectivity index is 2.09. The third-order valence-corrected chi connectivity index (χ3v) is 3.87. The van der Waals surface area contributed by atoms with E-state index in [1.54, 1.807) is 0 Å². The van der Waals surface area contributed by atoms with Crippen LogP contribution in [-0.4, -0.2) is 17.6 Å². The van der Waals surface area contributed by atoms with Gasteiger partial charge in [0.25, 0.3) is 0 Å². The zero-order chi connectivity index (χ0) is 13.4. The number of carbonyl (C=O) groups excluding carboxylic acids is 1. The number of benzene rings is 2. The van der Waals surface area contributed by atoms with E-state index < -0.39 is 6.10 Å². The van der Waals surface area contributed by atoms with Crippen LogP contribution in [0.1, 0.15) is 36.5 Å². The molecule has 19 heavy (non-hydrogen) atoms. The highest BCUT2D eigenvalue weighted by Crippen LogP contribution is 2.41. The molecule has 98 valence electrons. The Bertz CT molecular complexity index is 630. The number of hydrogen-bond acceptors (Lipinski definition) is 2. The van der Waals surface area contributed by atoms with E-state index in [4.69, 9.17) is 0 Å². The van der Waals surface area contributed by atoms with Crippen LogP contribution in [0, 0.1) is 0 Å². The fourth-order valence-electron chi connectivity index (χ4n) is 3.00. The van der Waals surface area contributed by atoms with E-state index in [0.29, 0.717) is 13.0 Å². The summed E-state index contributed by atoms with van der Waals surface area (Å²) in [6.45, 7) is 2.10. The van der Waals surface area contributed by atoms with Gasteiger partial charge in [0.1, 0.15) is 0 Å². The van der Waals surface area contributed by atoms with E-state index in [9.17, 15) is 9.90 Å². The van der Waals surface area contributed by atoms with Gasteiger partial charge in [0.05, 0.1) is 6.10 Å². The molecular formula is C16H17NO2. The van der Waals surface area contributed by atoms with Gasteiger partial charge in [-0.3, -0.25) is 4.79 Å². The summed E-state index contributed by atoms with van der Waals surface area (Å²) in [5.41, 5.74) is 2.24. The number of amides is 1. The minimum Gasteiger partial charge on any atom is -0.388 e. The second-order valence-electron chi connectivity index (χ2n) is 5.18. The van der Waals surface area contributed by atoms with Gasteiger partial charge in [-0.05, 0) is 28.3 Å². The molecule has 0 saturated carbocycles. The molecule has 0 spiro atoms. The van der Waals surface area contributed by atoms with E-state index >= 15 is 0 Å². The number of rotatable bonds is 2. The van der Waals surface area contributed by atoms with Crippen molar-refractivity contribution in [1.29, 1.82) is 0 Å². The maximum Gasteiger partial charge on any atom is 0.216 e. The van der Waals surface area contributed by atoms with Crippen molar-refractivity contribution in [2.45, 2.75) is 25.4 Å². The smallest absolute Gasteiger partial charge is 0.216 e. The van der Waals surface area contributed by atoms with Crippen molar-refractivity contribution in [1.82, 2.24) is 5.32 Å². The molecule has 1 aliphatic carbocycles. The number of nitrogens with one attached hydrogen (secondary N) is 1. The van der Waals surface area contributed by atoms with E-state index in [2.05, 4.69) is 23.5 Å². The second kappa shape index (κ2) is 4.67. The lowest BCUT2D eigenvalue weighted by molar-refractivity contribution is -0.119. The molecule has 3 nitrogen and oxygen atoms in total. The summed E-state index contributed by atoms with van der Waals surface area (Å²) in [6, 6.07) is 12.2. The van der Waals surface area contributed by atoms with Gasteiger partial charge < -0.3 is 10.4 Å². The van der Waals surface area contributed by atoms with Crippen molar-refractivity contribution in [2.75, 3.05) is 6.54 Å². The molecule has 0 radical (unpaired) electrons. The number of aliphatic hydroxyl groups is 1. The second-order valence-corrected chi connectivity index (χ2v) is 5.18. The number of carbonyl (C=O) groups is 1. The molecule has 0 bridgehead atoms. The van der Waals surface area contributed by atoms with Crippen LogP contribution in [0.5, 0.6) is 0 Å². The molecule has 2 aromatic rings. The van der Waals surface area contributed by atoms with Crippen LogP contribution >= 0.6 is 0 Å². The Hall–Kier alpha value is -1.87. The average molecular weight is 255 g/mol. The summed E-state index contributed by atoms with van der Waals surface area (Å²) in [4.78, 5) is 11.1. The molecule has 3 heteroatoms. The maximum absolute atomic E-state index is 11.1. The summed E-state index contributed by atoms with van der Waals surface area (Å²) in [7, 11) is 0. The molecule has 1 aliphatic rings. The van der Waals surface area contributed by atoms with Crippen molar-refractivity contribution in [3.05, 3.63) is 47.5 Å². The fourth-order valence-corrected chi connectivity index (χ4v) is 3.00. The van der Waals surface area contributed by atoms with E-state index in [0.717, 1.165) is 16.3 Å². The van der Waals surface area contributed by atoms with E-state index in [-0.39, 0.29) is 11.8 Å². The SMILES string of the molecule is CC(=O)NCC1CC(O)c2cccc3cccc1c23. The zero-order valence-electron chi connectivity index (χ0n) is 10.9. The zero-order valence-corrected chi connectivity index (χ0v) is 10.9. The Morgan fingerprint density at radius 2 is 1.95 bits per heavy atom. The summed E-state index contributed by atoms with van der Waals surface area (Å²) in [5.74, 6) is 0.151. The molecule has 2 N–H and O–H groups in total. The van der Waals surface area contributed by atoms with E-state index in [1.807, 2.05) is 18.2 Å².